The Bertz CT molecular complexity index is 1160. The predicted molar refractivity (Wildman–Crippen MR) is 116 cm³/mol. The molecule has 1 heterocycles. The quantitative estimate of drug-likeness (QED) is 0.514. The SMILES string of the molecule is COC(=O)c1ccc(C2(NC(=O)c3cc(Cl)cnc3Oc3cccc(F)c3)CCC2)cc1. The molecule has 1 fully saturated rings. The third-order valence-electron chi connectivity index (χ3n) is 5.49. The number of hydrogen-bond donors (Lipinski definition) is 1. The van der Waals surface area contributed by atoms with E-state index in [2.05, 4.69) is 10.3 Å². The lowest BCUT2D eigenvalue weighted by molar-refractivity contribution is 0.0600. The molecule has 8 heteroatoms. The van der Waals surface area contributed by atoms with Gasteiger partial charge in [-0.3, -0.25) is 4.79 Å². The zero-order valence-corrected chi connectivity index (χ0v) is 18.0. The molecule has 0 aliphatic heterocycles. The van der Waals surface area contributed by atoms with E-state index in [4.69, 9.17) is 21.1 Å². The summed E-state index contributed by atoms with van der Waals surface area (Å²) in [6.07, 6.45) is 3.78. The summed E-state index contributed by atoms with van der Waals surface area (Å²) in [6.45, 7) is 0. The number of benzene rings is 2. The number of carbonyl (C=O) groups is 2. The van der Waals surface area contributed by atoms with Crippen molar-refractivity contribution < 1.29 is 23.5 Å². The number of ether oxygens (including phenoxy) is 2. The molecule has 0 atom stereocenters. The first-order valence-corrected chi connectivity index (χ1v) is 10.4. The van der Waals surface area contributed by atoms with Crippen LogP contribution < -0.4 is 10.1 Å². The molecule has 0 bridgehead atoms. The molecule has 1 saturated carbocycles. The Balaban J connectivity index is 1.60. The Morgan fingerprint density at radius 2 is 1.88 bits per heavy atom. The number of carbonyl (C=O) groups excluding carboxylic acids is 2. The highest BCUT2D eigenvalue weighted by atomic mass is 35.5. The van der Waals surface area contributed by atoms with Gasteiger partial charge in [-0.05, 0) is 55.2 Å². The van der Waals surface area contributed by atoms with Gasteiger partial charge in [0.1, 0.15) is 17.1 Å². The smallest absolute Gasteiger partial charge is 0.337 e. The van der Waals surface area contributed by atoms with Crippen LogP contribution in [0.3, 0.4) is 0 Å². The Labute approximate surface area is 189 Å². The molecule has 0 unspecified atom stereocenters. The lowest BCUT2D eigenvalue weighted by Gasteiger charge is -2.43. The van der Waals surface area contributed by atoms with Gasteiger partial charge < -0.3 is 14.8 Å². The van der Waals surface area contributed by atoms with Gasteiger partial charge >= 0.3 is 5.97 Å². The van der Waals surface area contributed by atoms with Crippen molar-refractivity contribution in [1.82, 2.24) is 10.3 Å². The number of aromatic nitrogens is 1. The Kier molecular flexibility index (Phi) is 6.10. The van der Waals surface area contributed by atoms with Crippen LogP contribution in [0.4, 0.5) is 4.39 Å². The number of rotatable bonds is 6. The standard InChI is InChI=1S/C24H20ClFN2O4/c1-31-23(30)15-6-8-16(9-7-15)24(10-3-11-24)28-21(29)20-12-17(25)14-27-22(20)32-19-5-2-4-18(26)13-19/h2,4-9,12-14H,3,10-11H2,1H3,(H,28,29). The summed E-state index contributed by atoms with van der Waals surface area (Å²) in [4.78, 5) is 29.1. The maximum Gasteiger partial charge on any atom is 0.337 e. The van der Waals surface area contributed by atoms with Crippen LogP contribution in [0.1, 0.15) is 45.5 Å². The first-order chi connectivity index (χ1) is 15.4. The molecular formula is C24H20ClFN2O4. The summed E-state index contributed by atoms with van der Waals surface area (Å²) in [7, 11) is 1.33. The Morgan fingerprint density at radius 3 is 2.50 bits per heavy atom. The molecule has 1 aliphatic carbocycles. The average Bonchev–Trinajstić information content (AvgIpc) is 2.77. The van der Waals surface area contributed by atoms with Gasteiger partial charge in [0.15, 0.2) is 0 Å². The van der Waals surface area contributed by atoms with E-state index < -0.39 is 23.2 Å². The number of nitrogens with zero attached hydrogens (tertiary/aromatic N) is 1. The maximum absolute atomic E-state index is 13.5. The predicted octanol–water partition coefficient (Wildman–Crippen LogP) is 5.26. The first-order valence-electron chi connectivity index (χ1n) is 10.0. The van der Waals surface area contributed by atoms with Crippen LogP contribution in [0, 0.1) is 5.82 Å². The zero-order chi connectivity index (χ0) is 22.7. The number of pyridine rings is 1. The van der Waals surface area contributed by atoms with Gasteiger partial charge in [0.05, 0.1) is 23.2 Å². The van der Waals surface area contributed by atoms with Gasteiger partial charge in [0.2, 0.25) is 5.88 Å². The summed E-state index contributed by atoms with van der Waals surface area (Å²) in [5, 5.41) is 3.35. The molecule has 3 aromatic rings. The summed E-state index contributed by atoms with van der Waals surface area (Å²) >= 11 is 6.08. The lowest BCUT2D eigenvalue weighted by Crippen LogP contribution is -2.50. The number of methoxy groups -OCH3 is 1. The molecule has 164 valence electrons. The number of esters is 1. The highest BCUT2D eigenvalue weighted by molar-refractivity contribution is 6.30. The fourth-order valence-corrected chi connectivity index (χ4v) is 3.81. The van der Waals surface area contributed by atoms with E-state index in [-0.39, 0.29) is 22.2 Å². The first kappa shape index (κ1) is 21.8. The van der Waals surface area contributed by atoms with Crippen molar-refractivity contribution in [2.75, 3.05) is 7.11 Å². The van der Waals surface area contributed by atoms with E-state index in [1.165, 1.54) is 37.6 Å². The van der Waals surface area contributed by atoms with Crippen molar-refractivity contribution in [2.24, 2.45) is 0 Å². The van der Waals surface area contributed by atoms with Crippen molar-refractivity contribution in [3.8, 4) is 11.6 Å². The van der Waals surface area contributed by atoms with Crippen LogP contribution in [-0.4, -0.2) is 24.0 Å². The molecule has 0 radical (unpaired) electrons. The van der Waals surface area contributed by atoms with Crippen LogP contribution in [0.2, 0.25) is 5.02 Å². The van der Waals surface area contributed by atoms with Crippen molar-refractivity contribution in [2.45, 2.75) is 24.8 Å². The van der Waals surface area contributed by atoms with Crippen LogP contribution in [-0.2, 0) is 10.3 Å². The number of hydrogen-bond acceptors (Lipinski definition) is 5. The number of amides is 1. The Hall–Kier alpha value is -3.45. The van der Waals surface area contributed by atoms with Gasteiger partial charge in [-0.15, -0.1) is 0 Å². The van der Waals surface area contributed by atoms with Crippen molar-refractivity contribution in [3.05, 3.63) is 88.3 Å². The molecule has 1 aromatic heterocycles. The van der Waals surface area contributed by atoms with Crippen molar-refractivity contribution >= 4 is 23.5 Å². The molecule has 1 amide bonds. The normalized spacial score (nSPS) is 14.2. The second-order valence-electron chi connectivity index (χ2n) is 7.52. The van der Waals surface area contributed by atoms with E-state index in [0.29, 0.717) is 5.56 Å². The van der Waals surface area contributed by atoms with E-state index in [1.54, 1.807) is 18.2 Å². The molecule has 2 aromatic carbocycles. The molecule has 0 spiro atoms. The third-order valence-corrected chi connectivity index (χ3v) is 5.70. The van der Waals surface area contributed by atoms with Crippen LogP contribution >= 0.6 is 11.6 Å². The van der Waals surface area contributed by atoms with Crippen LogP contribution in [0.25, 0.3) is 0 Å². The fraction of sp³-hybridized carbons (Fsp3) is 0.208. The van der Waals surface area contributed by atoms with E-state index in [9.17, 15) is 14.0 Å². The summed E-state index contributed by atoms with van der Waals surface area (Å²) in [5.41, 5.74) is 0.873. The second-order valence-corrected chi connectivity index (χ2v) is 7.96. The van der Waals surface area contributed by atoms with Gasteiger partial charge in [0, 0.05) is 12.3 Å². The highest BCUT2D eigenvalue weighted by Crippen LogP contribution is 2.42. The minimum atomic E-state index is -0.579. The van der Waals surface area contributed by atoms with E-state index in [1.807, 2.05) is 12.1 Å². The topological polar surface area (TPSA) is 77.5 Å². The number of nitrogens with one attached hydrogen (secondary N) is 1. The number of halogens is 2. The molecule has 1 N–H and O–H groups in total. The summed E-state index contributed by atoms with van der Waals surface area (Å²) < 4.78 is 23.9. The maximum atomic E-state index is 13.5. The molecule has 32 heavy (non-hydrogen) atoms. The van der Waals surface area contributed by atoms with Crippen LogP contribution in [0.15, 0.2) is 60.8 Å². The average molecular weight is 455 g/mol. The third kappa shape index (κ3) is 4.43. The van der Waals surface area contributed by atoms with Gasteiger partial charge in [-0.25, -0.2) is 14.2 Å². The van der Waals surface area contributed by atoms with E-state index >= 15 is 0 Å². The minimum Gasteiger partial charge on any atom is -0.465 e. The van der Waals surface area contributed by atoms with Gasteiger partial charge in [0.25, 0.3) is 5.91 Å². The molecule has 1 aliphatic rings. The summed E-state index contributed by atoms with van der Waals surface area (Å²) in [6, 6.07) is 14.0. The Morgan fingerprint density at radius 1 is 1.12 bits per heavy atom. The molecule has 0 saturated heterocycles. The largest absolute Gasteiger partial charge is 0.465 e. The lowest BCUT2D eigenvalue weighted by atomic mass is 9.71. The van der Waals surface area contributed by atoms with E-state index in [0.717, 1.165) is 24.8 Å². The summed E-state index contributed by atoms with van der Waals surface area (Å²) in [5.74, 6) is -1.07. The minimum absolute atomic E-state index is 0.0213. The monoisotopic (exact) mass is 454 g/mol. The molecular weight excluding hydrogens is 435 g/mol. The van der Waals surface area contributed by atoms with Gasteiger partial charge in [-0.2, -0.15) is 0 Å². The van der Waals surface area contributed by atoms with Crippen molar-refractivity contribution in [3.63, 3.8) is 0 Å². The fourth-order valence-electron chi connectivity index (χ4n) is 3.66. The van der Waals surface area contributed by atoms with Crippen LogP contribution in [0.5, 0.6) is 11.6 Å². The second kappa shape index (κ2) is 8.96. The van der Waals surface area contributed by atoms with Gasteiger partial charge in [-0.1, -0.05) is 29.8 Å². The van der Waals surface area contributed by atoms with Crippen molar-refractivity contribution in [1.29, 1.82) is 0 Å². The highest BCUT2D eigenvalue weighted by Gasteiger charge is 2.40. The molecule has 4 rings (SSSR count). The zero-order valence-electron chi connectivity index (χ0n) is 17.2. The molecule has 6 nitrogen and oxygen atoms in total.